The molecule has 0 aliphatic carbocycles. The third kappa shape index (κ3) is 2.88. The Labute approximate surface area is 150 Å². The van der Waals surface area contributed by atoms with Crippen molar-refractivity contribution in [1.29, 1.82) is 0 Å². The maximum Gasteiger partial charge on any atom is 0.409 e. The summed E-state index contributed by atoms with van der Waals surface area (Å²) in [5.74, 6) is 0.623. The van der Waals surface area contributed by atoms with Crippen LogP contribution in [0.4, 0.5) is 20.2 Å². The zero-order valence-electron chi connectivity index (χ0n) is 13.9. The monoisotopic (exact) mass is 379 g/mol. The molecule has 4 rings (SSSR count). The molecule has 2 atom stereocenters. The van der Waals surface area contributed by atoms with E-state index in [-0.39, 0.29) is 16.5 Å². The summed E-state index contributed by atoms with van der Waals surface area (Å²) >= 11 is 0. The summed E-state index contributed by atoms with van der Waals surface area (Å²) in [4.78, 5) is 4.24. The van der Waals surface area contributed by atoms with Gasteiger partial charge in [0.1, 0.15) is 11.3 Å². The Hall–Kier alpha value is -2.68. The number of aromatic nitrogens is 1. The summed E-state index contributed by atoms with van der Waals surface area (Å²) in [5, 5.41) is 4.55. The molecule has 26 heavy (non-hydrogen) atoms. The van der Waals surface area contributed by atoms with Gasteiger partial charge in [0.15, 0.2) is 5.09 Å². The second-order valence-electron chi connectivity index (χ2n) is 5.89. The largest absolute Gasteiger partial charge is 0.497 e. The van der Waals surface area contributed by atoms with Crippen LogP contribution >= 0.6 is 0 Å². The van der Waals surface area contributed by atoms with Crippen LogP contribution in [0.15, 0.2) is 46.0 Å². The highest BCUT2D eigenvalue weighted by Crippen LogP contribution is 2.40. The number of nitrogens with one attached hydrogen (secondary N) is 2. The van der Waals surface area contributed by atoms with E-state index < -0.39 is 22.2 Å². The first-order chi connectivity index (χ1) is 12.4. The van der Waals surface area contributed by atoms with Gasteiger partial charge in [0.05, 0.1) is 40.2 Å². The first-order valence-corrected chi connectivity index (χ1v) is 9.00. The van der Waals surface area contributed by atoms with Crippen molar-refractivity contribution in [3.8, 4) is 5.75 Å². The van der Waals surface area contributed by atoms with Crippen LogP contribution in [0.5, 0.6) is 5.75 Å². The van der Waals surface area contributed by atoms with Gasteiger partial charge in [-0.1, -0.05) is 0 Å². The number of pyridine rings is 1. The Balaban J connectivity index is 1.65. The average Bonchev–Trinajstić information content (AvgIpc) is 3.15. The highest BCUT2D eigenvalue weighted by Gasteiger charge is 2.36. The molecule has 0 radical (unpaired) electrons. The van der Waals surface area contributed by atoms with Crippen molar-refractivity contribution in [3.63, 3.8) is 0 Å². The van der Waals surface area contributed by atoms with Gasteiger partial charge in [0.25, 0.3) is 0 Å². The molecule has 0 saturated heterocycles. The number of rotatable bonds is 4. The lowest BCUT2D eigenvalue weighted by atomic mass is 10.2. The number of benzene rings is 1. The number of fused-ring (bicyclic) bond motifs is 2. The van der Waals surface area contributed by atoms with Crippen molar-refractivity contribution < 1.29 is 22.1 Å². The maximum absolute atomic E-state index is 13.3. The topological polar surface area (TPSA) is 76.4 Å². The highest BCUT2D eigenvalue weighted by molar-refractivity contribution is 7.85. The number of hydrogen-bond donors (Lipinski definition) is 2. The lowest BCUT2D eigenvalue weighted by Crippen LogP contribution is -2.30. The molecule has 0 amide bonds. The van der Waals surface area contributed by atoms with Crippen LogP contribution in [-0.2, 0) is 10.8 Å². The van der Waals surface area contributed by atoms with Crippen LogP contribution in [0.1, 0.15) is 17.9 Å². The van der Waals surface area contributed by atoms with E-state index in [0.717, 1.165) is 0 Å². The molecule has 136 valence electrons. The Morgan fingerprint density at radius 3 is 2.69 bits per heavy atom. The predicted molar refractivity (Wildman–Crippen MR) is 94.0 cm³/mol. The lowest BCUT2D eigenvalue weighted by molar-refractivity contribution is 0.0705. The van der Waals surface area contributed by atoms with E-state index in [9.17, 15) is 13.0 Å². The minimum atomic E-state index is -3.20. The second kappa shape index (κ2) is 5.94. The number of nitrogens with zero attached hydrogens (tertiary/aromatic N) is 1. The van der Waals surface area contributed by atoms with E-state index >= 15 is 0 Å². The van der Waals surface area contributed by atoms with Gasteiger partial charge in [-0.3, -0.25) is 9.19 Å². The number of ether oxygens (including phenoxy) is 1. The molecule has 9 heteroatoms. The fourth-order valence-electron chi connectivity index (χ4n) is 2.80. The van der Waals surface area contributed by atoms with E-state index in [4.69, 9.17) is 9.15 Å². The molecule has 0 bridgehead atoms. The number of anilines is 2. The van der Waals surface area contributed by atoms with E-state index in [1.54, 1.807) is 38.4 Å². The van der Waals surface area contributed by atoms with Gasteiger partial charge in [-0.2, -0.15) is 8.78 Å². The minimum Gasteiger partial charge on any atom is -0.497 e. The third-order valence-corrected chi connectivity index (χ3v) is 5.62. The molecular formula is C17H15F2N3O3S. The number of methoxy groups -OCH3 is 1. The summed E-state index contributed by atoms with van der Waals surface area (Å²) in [6.45, 7) is 1.77. The van der Waals surface area contributed by atoms with Crippen LogP contribution in [0.25, 0.3) is 11.0 Å². The van der Waals surface area contributed by atoms with Crippen molar-refractivity contribution in [1.82, 2.24) is 4.98 Å². The van der Waals surface area contributed by atoms with Crippen molar-refractivity contribution in [2.24, 2.45) is 0 Å². The van der Waals surface area contributed by atoms with Crippen LogP contribution in [0, 0.1) is 0 Å². The summed E-state index contributed by atoms with van der Waals surface area (Å²) in [6.07, 6.45) is -1.61. The van der Waals surface area contributed by atoms with Crippen molar-refractivity contribution in [3.05, 3.63) is 42.2 Å². The Kier molecular flexibility index (Phi) is 3.83. The smallest absolute Gasteiger partial charge is 0.409 e. The molecular weight excluding hydrogens is 364 g/mol. The molecule has 2 aromatic heterocycles. The van der Waals surface area contributed by atoms with E-state index in [1.807, 2.05) is 0 Å². The standard InChI is InChI=1S/C17H15F2N3O3S/c1-9(12-7-11(24-2)3-4-20-12)26(23)16-6-10-5-13-14(8-15(10)25-16)22-17(18,19)21-13/h3-9,21-22H,1-2H3. The number of hydrogen-bond acceptors (Lipinski definition) is 6. The summed E-state index contributed by atoms with van der Waals surface area (Å²) in [5.41, 5.74) is 1.48. The lowest BCUT2D eigenvalue weighted by Gasteiger charge is -2.10. The van der Waals surface area contributed by atoms with Crippen LogP contribution in [-0.4, -0.2) is 22.5 Å². The molecule has 1 aromatic carbocycles. The predicted octanol–water partition coefficient (Wildman–Crippen LogP) is 4.09. The average molecular weight is 379 g/mol. The van der Waals surface area contributed by atoms with Gasteiger partial charge in [-0.25, -0.2) is 0 Å². The Morgan fingerprint density at radius 2 is 1.96 bits per heavy atom. The number of halogens is 2. The van der Waals surface area contributed by atoms with Crippen molar-refractivity contribution in [2.45, 2.75) is 23.4 Å². The van der Waals surface area contributed by atoms with E-state index in [0.29, 0.717) is 22.4 Å². The minimum absolute atomic E-state index is 0.233. The SMILES string of the molecule is COc1ccnc(C(C)S(=O)c2cc3cc4c(cc3o2)NC(F)(F)N4)c1. The van der Waals surface area contributed by atoms with Crippen molar-refractivity contribution in [2.75, 3.05) is 17.7 Å². The highest BCUT2D eigenvalue weighted by atomic mass is 32.2. The van der Waals surface area contributed by atoms with Crippen LogP contribution < -0.4 is 15.4 Å². The molecule has 3 heterocycles. The molecule has 0 spiro atoms. The Bertz CT molecular complexity index is 977. The van der Waals surface area contributed by atoms with Gasteiger partial charge >= 0.3 is 6.17 Å². The number of alkyl halides is 2. The summed E-state index contributed by atoms with van der Waals surface area (Å²) in [7, 11) is 0.0382. The normalized spacial score (nSPS) is 17.2. The van der Waals surface area contributed by atoms with Crippen LogP contribution in [0.3, 0.4) is 0 Å². The molecule has 0 saturated carbocycles. The summed E-state index contributed by atoms with van der Waals surface area (Å²) in [6, 6.07) is 8.03. The summed E-state index contributed by atoms with van der Waals surface area (Å²) < 4.78 is 50.3. The van der Waals surface area contributed by atoms with E-state index in [1.165, 1.54) is 12.1 Å². The van der Waals surface area contributed by atoms with E-state index in [2.05, 4.69) is 15.6 Å². The van der Waals surface area contributed by atoms with Gasteiger partial charge in [-0.05, 0) is 19.1 Å². The molecule has 1 aliphatic rings. The van der Waals surface area contributed by atoms with Gasteiger partial charge < -0.3 is 19.8 Å². The molecule has 2 unspecified atom stereocenters. The van der Waals surface area contributed by atoms with Crippen molar-refractivity contribution >= 4 is 33.1 Å². The quantitative estimate of drug-likeness (QED) is 0.665. The van der Waals surface area contributed by atoms with Gasteiger partial charge in [-0.15, -0.1) is 0 Å². The fraction of sp³-hybridized carbons (Fsp3) is 0.235. The first kappa shape index (κ1) is 16.8. The molecule has 3 aromatic rings. The molecule has 0 fully saturated rings. The first-order valence-electron chi connectivity index (χ1n) is 7.78. The molecule has 6 nitrogen and oxygen atoms in total. The second-order valence-corrected chi connectivity index (χ2v) is 7.59. The zero-order valence-corrected chi connectivity index (χ0v) is 14.7. The molecule has 1 aliphatic heterocycles. The zero-order chi connectivity index (χ0) is 18.5. The van der Waals surface area contributed by atoms with Crippen LogP contribution in [0.2, 0.25) is 0 Å². The molecule has 2 N–H and O–H groups in total. The Morgan fingerprint density at radius 1 is 1.23 bits per heavy atom. The van der Waals surface area contributed by atoms with Gasteiger partial charge in [0.2, 0.25) is 0 Å². The third-order valence-electron chi connectivity index (χ3n) is 4.14. The maximum atomic E-state index is 13.3. The number of furan rings is 1. The fourth-order valence-corrected chi connectivity index (χ4v) is 3.91. The van der Waals surface area contributed by atoms with Gasteiger partial charge in [0, 0.05) is 29.8 Å².